The van der Waals surface area contributed by atoms with Gasteiger partial charge in [-0.15, -0.1) is 0 Å². The molecule has 3 nitrogen and oxygen atoms in total. The van der Waals surface area contributed by atoms with E-state index in [0.29, 0.717) is 12.1 Å². The molecule has 4 atom stereocenters. The van der Waals surface area contributed by atoms with Crippen LogP contribution < -0.4 is 5.32 Å². The van der Waals surface area contributed by atoms with Crippen LogP contribution in [0.2, 0.25) is 0 Å². The lowest BCUT2D eigenvalue weighted by Crippen LogP contribution is -2.53. The van der Waals surface area contributed by atoms with E-state index in [1.54, 1.807) is 0 Å². The number of aliphatic hydroxyl groups excluding tert-OH is 1. The highest BCUT2D eigenvalue weighted by Gasteiger charge is 2.32. The molecule has 4 unspecified atom stereocenters. The highest BCUT2D eigenvalue weighted by Crippen LogP contribution is 2.27. The number of rotatable bonds is 5. The molecule has 17 heavy (non-hydrogen) atoms. The molecule has 1 saturated heterocycles. The highest BCUT2D eigenvalue weighted by molar-refractivity contribution is 4.89. The van der Waals surface area contributed by atoms with Crippen LogP contribution in [-0.2, 0) is 0 Å². The summed E-state index contributed by atoms with van der Waals surface area (Å²) in [5, 5.41) is 12.7. The molecule has 1 rings (SSSR count). The molecule has 0 saturated carbocycles. The predicted molar refractivity (Wildman–Crippen MR) is 73.2 cm³/mol. The zero-order chi connectivity index (χ0) is 13.1. The van der Waals surface area contributed by atoms with Crippen molar-refractivity contribution >= 4 is 0 Å². The fourth-order valence-corrected chi connectivity index (χ4v) is 3.00. The smallest absolute Gasteiger partial charge is 0.0611 e. The third-order valence-electron chi connectivity index (χ3n) is 4.69. The molecule has 1 heterocycles. The summed E-state index contributed by atoms with van der Waals surface area (Å²) in [5.74, 6) is 0.793. The average molecular weight is 242 g/mol. The summed E-state index contributed by atoms with van der Waals surface area (Å²) in [5.41, 5.74) is -0.153. The van der Waals surface area contributed by atoms with Crippen LogP contribution >= 0.6 is 0 Å². The molecule has 0 aromatic carbocycles. The van der Waals surface area contributed by atoms with Gasteiger partial charge in [0.05, 0.1) is 6.61 Å². The molecule has 0 bridgehead atoms. The van der Waals surface area contributed by atoms with Gasteiger partial charge in [0.25, 0.3) is 0 Å². The molecule has 0 radical (unpaired) electrons. The number of piperidine rings is 1. The lowest BCUT2D eigenvalue weighted by atomic mass is 9.87. The van der Waals surface area contributed by atoms with Crippen LogP contribution in [-0.4, -0.2) is 47.8 Å². The van der Waals surface area contributed by atoms with Crippen molar-refractivity contribution in [1.29, 1.82) is 0 Å². The second-order valence-electron chi connectivity index (χ2n) is 6.12. The van der Waals surface area contributed by atoms with Gasteiger partial charge in [0, 0.05) is 17.6 Å². The van der Waals surface area contributed by atoms with E-state index < -0.39 is 0 Å². The molecule has 1 aliphatic heterocycles. The Morgan fingerprint density at radius 2 is 2.12 bits per heavy atom. The molecule has 0 amide bonds. The Kier molecular flexibility index (Phi) is 5.42. The second-order valence-corrected chi connectivity index (χ2v) is 6.12. The van der Waals surface area contributed by atoms with E-state index in [1.807, 2.05) is 7.05 Å². The number of nitrogens with one attached hydrogen (secondary N) is 1. The minimum Gasteiger partial charge on any atom is -0.394 e. The van der Waals surface area contributed by atoms with Crippen LogP contribution in [0.4, 0.5) is 0 Å². The number of likely N-dealkylation sites (N-methyl/N-ethyl adjacent to an activating group) is 1. The Morgan fingerprint density at radius 3 is 2.65 bits per heavy atom. The number of likely N-dealkylation sites (tertiary alicyclic amines) is 1. The Hall–Kier alpha value is -0.120. The van der Waals surface area contributed by atoms with Crippen LogP contribution in [0.1, 0.15) is 47.0 Å². The Balaban J connectivity index is 2.59. The van der Waals surface area contributed by atoms with Gasteiger partial charge in [-0.05, 0) is 59.5 Å². The maximum Gasteiger partial charge on any atom is 0.0611 e. The van der Waals surface area contributed by atoms with Crippen molar-refractivity contribution in [3.63, 3.8) is 0 Å². The molecular weight excluding hydrogens is 212 g/mol. The molecule has 0 aromatic rings. The lowest BCUT2D eigenvalue weighted by Gasteiger charge is -2.44. The molecule has 1 fully saturated rings. The Bertz CT molecular complexity index is 228. The van der Waals surface area contributed by atoms with E-state index in [0.717, 1.165) is 12.3 Å². The summed E-state index contributed by atoms with van der Waals surface area (Å²) in [6.45, 7) is 10.5. The van der Waals surface area contributed by atoms with Gasteiger partial charge in [-0.2, -0.15) is 0 Å². The van der Waals surface area contributed by atoms with E-state index in [9.17, 15) is 5.11 Å². The maximum atomic E-state index is 9.47. The summed E-state index contributed by atoms with van der Waals surface area (Å²) in [4.78, 5) is 2.61. The quantitative estimate of drug-likeness (QED) is 0.772. The topological polar surface area (TPSA) is 35.5 Å². The summed E-state index contributed by atoms with van der Waals surface area (Å²) >= 11 is 0. The zero-order valence-electron chi connectivity index (χ0n) is 12.2. The molecule has 1 aliphatic rings. The van der Waals surface area contributed by atoms with Gasteiger partial charge in [-0.1, -0.05) is 6.92 Å². The first kappa shape index (κ1) is 14.9. The fourth-order valence-electron chi connectivity index (χ4n) is 3.00. The molecule has 102 valence electrons. The number of aliphatic hydroxyl groups is 1. The van der Waals surface area contributed by atoms with Gasteiger partial charge < -0.3 is 10.4 Å². The predicted octanol–water partition coefficient (Wildman–Crippen LogP) is 1.86. The minimum atomic E-state index is -0.153. The van der Waals surface area contributed by atoms with Crippen molar-refractivity contribution in [1.82, 2.24) is 10.2 Å². The highest BCUT2D eigenvalue weighted by atomic mass is 16.3. The van der Waals surface area contributed by atoms with Crippen molar-refractivity contribution in [2.24, 2.45) is 5.92 Å². The first-order valence-corrected chi connectivity index (χ1v) is 6.99. The lowest BCUT2D eigenvalue weighted by molar-refractivity contribution is 0.0491. The standard InChI is InChI=1S/C14H30N2O/c1-11-7-6-8-16(13(11)3)12(2)9-14(4,10-17)15-5/h11-13,15,17H,6-10H2,1-5H3. The van der Waals surface area contributed by atoms with Crippen LogP contribution in [0.3, 0.4) is 0 Å². The minimum absolute atomic E-state index is 0.153. The van der Waals surface area contributed by atoms with Gasteiger partial charge in [0.1, 0.15) is 0 Å². The van der Waals surface area contributed by atoms with E-state index in [-0.39, 0.29) is 12.1 Å². The summed E-state index contributed by atoms with van der Waals surface area (Å²) < 4.78 is 0. The van der Waals surface area contributed by atoms with Gasteiger partial charge in [0.15, 0.2) is 0 Å². The Morgan fingerprint density at radius 1 is 1.47 bits per heavy atom. The van der Waals surface area contributed by atoms with Crippen molar-refractivity contribution in [2.45, 2.75) is 64.6 Å². The van der Waals surface area contributed by atoms with E-state index in [1.165, 1.54) is 19.4 Å². The van der Waals surface area contributed by atoms with Crippen molar-refractivity contribution in [3.8, 4) is 0 Å². The van der Waals surface area contributed by atoms with Crippen molar-refractivity contribution in [2.75, 3.05) is 20.2 Å². The number of nitrogens with zero attached hydrogens (tertiary/aromatic N) is 1. The summed E-state index contributed by atoms with van der Waals surface area (Å²) in [6.07, 6.45) is 3.66. The monoisotopic (exact) mass is 242 g/mol. The second kappa shape index (κ2) is 6.17. The molecule has 3 heteroatoms. The van der Waals surface area contributed by atoms with Crippen LogP contribution in [0.25, 0.3) is 0 Å². The van der Waals surface area contributed by atoms with Gasteiger partial charge >= 0.3 is 0 Å². The Labute approximate surface area is 107 Å². The number of hydrogen-bond acceptors (Lipinski definition) is 3. The molecular formula is C14H30N2O. The van der Waals surface area contributed by atoms with Crippen molar-refractivity contribution < 1.29 is 5.11 Å². The molecule has 0 aromatic heterocycles. The fraction of sp³-hybridized carbons (Fsp3) is 1.00. The summed E-state index contributed by atoms with van der Waals surface area (Å²) in [6, 6.07) is 1.19. The van der Waals surface area contributed by atoms with Crippen LogP contribution in [0.15, 0.2) is 0 Å². The largest absolute Gasteiger partial charge is 0.394 e. The average Bonchev–Trinajstić information content (AvgIpc) is 2.32. The third kappa shape index (κ3) is 3.67. The zero-order valence-corrected chi connectivity index (χ0v) is 12.2. The van der Waals surface area contributed by atoms with E-state index in [2.05, 4.69) is 37.9 Å². The van der Waals surface area contributed by atoms with Crippen LogP contribution in [0.5, 0.6) is 0 Å². The van der Waals surface area contributed by atoms with Gasteiger partial charge in [0.2, 0.25) is 0 Å². The normalized spacial score (nSPS) is 32.1. The number of hydrogen-bond donors (Lipinski definition) is 2. The molecule has 2 N–H and O–H groups in total. The maximum absolute atomic E-state index is 9.47. The van der Waals surface area contributed by atoms with Crippen LogP contribution in [0, 0.1) is 5.92 Å². The third-order valence-corrected chi connectivity index (χ3v) is 4.69. The molecule has 0 spiro atoms. The van der Waals surface area contributed by atoms with Gasteiger partial charge in [-0.25, -0.2) is 0 Å². The van der Waals surface area contributed by atoms with Gasteiger partial charge in [-0.3, -0.25) is 4.90 Å². The SMILES string of the molecule is CNC(C)(CO)CC(C)N1CCCC(C)C1C. The van der Waals surface area contributed by atoms with E-state index in [4.69, 9.17) is 0 Å². The first-order chi connectivity index (χ1) is 7.93. The molecule has 0 aliphatic carbocycles. The van der Waals surface area contributed by atoms with E-state index >= 15 is 0 Å². The summed E-state index contributed by atoms with van der Waals surface area (Å²) in [7, 11) is 1.94. The first-order valence-electron chi connectivity index (χ1n) is 6.99. The van der Waals surface area contributed by atoms with Crippen molar-refractivity contribution in [3.05, 3.63) is 0 Å².